The van der Waals surface area contributed by atoms with E-state index in [0.29, 0.717) is 6.42 Å². The minimum Gasteiger partial charge on any atom is -0.385 e. The van der Waals surface area contributed by atoms with Crippen molar-refractivity contribution < 1.29 is 4.79 Å². The van der Waals surface area contributed by atoms with Crippen molar-refractivity contribution in [1.82, 2.24) is 4.90 Å². The number of rotatable bonds is 5. The molecule has 0 fully saturated rings. The number of amides is 1. The zero-order valence-corrected chi connectivity index (χ0v) is 12.2. The van der Waals surface area contributed by atoms with Crippen molar-refractivity contribution in [2.75, 3.05) is 26.0 Å². The Balaban J connectivity index is 2.31. The maximum absolute atomic E-state index is 11.3. The van der Waals surface area contributed by atoms with E-state index in [1.54, 1.807) is 19.0 Å². The lowest BCUT2D eigenvalue weighted by molar-refractivity contribution is -0.128. The molecule has 0 atom stereocenters. The van der Waals surface area contributed by atoms with Gasteiger partial charge in [-0.15, -0.1) is 0 Å². The highest BCUT2D eigenvalue weighted by Gasteiger charge is 2.02. The molecule has 1 N–H and O–H groups in total. The van der Waals surface area contributed by atoms with Crippen molar-refractivity contribution in [2.24, 2.45) is 0 Å². The maximum atomic E-state index is 11.3. The van der Waals surface area contributed by atoms with Crippen LogP contribution in [0.2, 0.25) is 0 Å². The standard InChI is InChI=1S/C13H19BrN2O/c1-10-9-11(6-7-12(10)14)15-8-4-5-13(17)16(2)3/h6-7,9,15H,4-5,8H2,1-3H3. The number of nitrogens with one attached hydrogen (secondary N) is 1. The van der Waals surface area contributed by atoms with Crippen LogP contribution in [0, 0.1) is 6.92 Å². The molecule has 0 bridgehead atoms. The summed E-state index contributed by atoms with van der Waals surface area (Å²) in [6.45, 7) is 2.88. The Hall–Kier alpha value is -1.03. The average molecular weight is 299 g/mol. The van der Waals surface area contributed by atoms with Gasteiger partial charge in [-0.25, -0.2) is 0 Å². The van der Waals surface area contributed by atoms with Gasteiger partial charge in [-0.05, 0) is 37.1 Å². The van der Waals surface area contributed by atoms with Crippen molar-refractivity contribution in [1.29, 1.82) is 0 Å². The third-order valence-electron chi connectivity index (χ3n) is 2.55. The molecule has 3 nitrogen and oxygen atoms in total. The quantitative estimate of drug-likeness (QED) is 0.848. The number of hydrogen-bond donors (Lipinski definition) is 1. The fourth-order valence-electron chi connectivity index (χ4n) is 1.45. The van der Waals surface area contributed by atoms with E-state index in [4.69, 9.17) is 0 Å². The first-order valence-corrected chi connectivity index (χ1v) is 6.50. The predicted molar refractivity (Wildman–Crippen MR) is 75.3 cm³/mol. The fraction of sp³-hybridized carbons (Fsp3) is 0.462. The lowest BCUT2D eigenvalue weighted by Crippen LogP contribution is -2.22. The third-order valence-corrected chi connectivity index (χ3v) is 3.44. The van der Waals surface area contributed by atoms with Gasteiger partial charge >= 0.3 is 0 Å². The first kappa shape index (κ1) is 14.0. The molecule has 1 aromatic carbocycles. The monoisotopic (exact) mass is 298 g/mol. The van der Waals surface area contributed by atoms with E-state index in [0.717, 1.165) is 23.1 Å². The van der Waals surface area contributed by atoms with Crippen molar-refractivity contribution in [3.63, 3.8) is 0 Å². The van der Waals surface area contributed by atoms with Crippen molar-refractivity contribution in [3.8, 4) is 0 Å². The van der Waals surface area contributed by atoms with Crippen LogP contribution in [0.3, 0.4) is 0 Å². The van der Waals surface area contributed by atoms with E-state index in [-0.39, 0.29) is 5.91 Å². The minimum absolute atomic E-state index is 0.179. The summed E-state index contributed by atoms with van der Waals surface area (Å²) in [6, 6.07) is 6.16. The highest BCUT2D eigenvalue weighted by atomic mass is 79.9. The second-order valence-corrected chi connectivity index (χ2v) is 5.14. The topological polar surface area (TPSA) is 32.3 Å². The van der Waals surface area contributed by atoms with Crippen LogP contribution < -0.4 is 5.32 Å². The molecule has 94 valence electrons. The summed E-state index contributed by atoms with van der Waals surface area (Å²) in [5.41, 5.74) is 2.31. The molecular weight excluding hydrogens is 280 g/mol. The van der Waals surface area contributed by atoms with E-state index >= 15 is 0 Å². The van der Waals surface area contributed by atoms with E-state index in [1.807, 2.05) is 12.1 Å². The molecule has 0 aromatic heterocycles. The van der Waals surface area contributed by atoms with Gasteiger partial charge in [-0.1, -0.05) is 15.9 Å². The van der Waals surface area contributed by atoms with Crippen LogP contribution in [0.5, 0.6) is 0 Å². The summed E-state index contributed by atoms with van der Waals surface area (Å²) in [5.74, 6) is 0.179. The van der Waals surface area contributed by atoms with Gasteiger partial charge in [0.25, 0.3) is 0 Å². The molecule has 0 radical (unpaired) electrons. The number of carbonyl (C=O) groups excluding carboxylic acids is 1. The predicted octanol–water partition coefficient (Wildman–Crippen LogP) is 3.04. The highest BCUT2D eigenvalue weighted by molar-refractivity contribution is 9.10. The molecule has 0 saturated heterocycles. The first-order valence-electron chi connectivity index (χ1n) is 5.71. The SMILES string of the molecule is Cc1cc(NCCCC(=O)N(C)C)ccc1Br. The summed E-state index contributed by atoms with van der Waals surface area (Å²) >= 11 is 3.47. The summed E-state index contributed by atoms with van der Waals surface area (Å²) in [6.07, 6.45) is 1.45. The van der Waals surface area contributed by atoms with Crippen molar-refractivity contribution in [3.05, 3.63) is 28.2 Å². The van der Waals surface area contributed by atoms with Gasteiger partial charge in [-0.3, -0.25) is 4.79 Å². The van der Waals surface area contributed by atoms with Gasteiger partial charge < -0.3 is 10.2 Å². The second kappa shape index (κ2) is 6.64. The molecule has 0 saturated carbocycles. The Morgan fingerprint density at radius 3 is 2.71 bits per heavy atom. The maximum Gasteiger partial charge on any atom is 0.222 e. The first-order chi connectivity index (χ1) is 8.00. The molecule has 0 aliphatic heterocycles. The summed E-state index contributed by atoms with van der Waals surface area (Å²) < 4.78 is 1.12. The average Bonchev–Trinajstić information content (AvgIpc) is 2.28. The molecule has 1 rings (SSSR count). The molecular formula is C13H19BrN2O. The Bertz CT molecular complexity index is 391. The Kier molecular flexibility index (Phi) is 5.48. The van der Waals surface area contributed by atoms with Gasteiger partial charge in [0.05, 0.1) is 0 Å². The molecule has 0 aliphatic rings. The normalized spacial score (nSPS) is 10.1. The van der Waals surface area contributed by atoms with Crippen LogP contribution in [0.15, 0.2) is 22.7 Å². The number of hydrogen-bond acceptors (Lipinski definition) is 2. The van der Waals surface area contributed by atoms with Crippen LogP contribution in [0.25, 0.3) is 0 Å². The zero-order valence-electron chi connectivity index (χ0n) is 10.6. The summed E-state index contributed by atoms with van der Waals surface area (Å²) in [4.78, 5) is 13.0. The lowest BCUT2D eigenvalue weighted by atomic mass is 10.2. The third kappa shape index (κ3) is 4.77. The Labute approximate surface area is 111 Å². The largest absolute Gasteiger partial charge is 0.385 e. The molecule has 0 heterocycles. The van der Waals surface area contributed by atoms with Gasteiger partial charge in [0.1, 0.15) is 0 Å². The molecule has 17 heavy (non-hydrogen) atoms. The number of halogens is 1. The zero-order chi connectivity index (χ0) is 12.8. The van der Waals surface area contributed by atoms with Gasteiger partial charge in [-0.2, -0.15) is 0 Å². The number of anilines is 1. The van der Waals surface area contributed by atoms with Crippen molar-refractivity contribution >= 4 is 27.5 Å². The van der Waals surface area contributed by atoms with Gasteiger partial charge in [0.2, 0.25) is 5.91 Å². The number of nitrogens with zero attached hydrogens (tertiary/aromatic N) is 1. The van der Waals surface area contributed by atoms with E-state index in [9.17, 15) is 4.79 Å². The molecule has 1 amide bonds. The van der Waals surface area contributed by atoms with Crippen LogP contribution in [0.1, 0.15) is 18.4 Å². The number of benzene rings is 1. The molecule has 4 heteroatoms. The lowest BCUT2D eigenvalue weighted by Gasteiger charge is -2.11. The van der Waals surface area contributed by atoms with E-state index in [1.165, 1.54) is 5.56 Å². The smallest absolute Gasteiger partial charge is 0.222 e. The second-order valence-electron chi connectivity index (χ2n) is 4.28. The van der Waals surface area contributed by atoms with E-state index in [2.05, 4.69) is 34.2 Å². The van der Waals surface area contributed by atoms with Crippen LogP contribution in [0.4, 0.5) is 5.69 Å². The van der Waals surface area contributed by atoms with Crippen LogP contribution >= 0.6 is 15.9 Å². The van der Waals surface area contributed by atoms with Gasteiger partial charge in [0, 0.05) is 37.2 Å². The summed E-state index contributed by atoms with van der Waals surface area (Å²) in [5, 5.41) is 3.32. The summed E-state index contributed by atoms with van der Waals surface area (Å²) in [7, 11) is 3.57. The molecule has 0 spiro atoms. The Morgan fingerprint density at radius 1 is 1.41 bits per heavy atom. The van der Waals surface area contributed by atoms with Gasteiger partial charge in [0.15, 0.2) is 0 Å². The number of carbonyl (C=O) groups is 1. The minimum atomic E-state index is 0.179. The van der Waals surface area contributed by atoms with Crippen LogP contribution in [-0.2, 0) is 4.79 Å². The molecule has 0 aliphatic carbocycles. The van der Waals surface area contributed by atoms with Crippen molar-refractivity contribution in [2.45, 2.75) is 19.8 Å². The molecule has 0 unspecified atom stereocenters. The fourth-order valence-corrected chi connectivity index (χ4v) is 1.70. The highest BCUT2D eigenvalue weighted by Crippen LogP contribution is 2.19. The van der Waals surface area contributed by atoms with Crippen LogP contribution in [-0.4, -0.2) is 31.4 Å². The van der Waals surface area contributed by atoms with E-state index < -0.39 is 0 Å². The molecule has 1 aromatic rings. The Morgan fingerprint density at radius 2 is 2.12 bits per heavy atom. The number of aryl methyl sites for hydroxylation is 1.